The van der Waals surface area contributed by atoms with Crippen LogP contribution in [0.2, 0.25) is 0 Å². The Hall–Kier alpha value is -2.18. The highest BCUT2D eigenvalue weighted by atomic mass is 16.2. The summed E-state index contributed by atoms with van der Waals surface area (Å²) in [4.78, 5) is 38.6. The second-order valence-corrected chi connectivity index (χ2v) is 6.74. The quantitative estimate of drug-likeness (QED) is 0.800. The fourth-order valence-corrected chi connectivity index (χ4v) is 3.55. The van der Waals surface area contributed by atoms with Crippen molar-refractivity contribution in [3.05, 3.63) is 18.1 Å². The highest BCUT2D eigenvalue weighted by molar-refractivity contribution is 5.92. The molecule has 7 nitrogen and oxygen atoms in total. The molecule has 2 aliphatic heterocycles. The van der Waals surface area contributed by atoms with Gasteiger partial charge in [0.25, 0.3) is 5.91 Å². The molecule has 3 heterocycles. The van der Waals surface area contributed by atoms with Gasteiger partial charge < -0.3 is 14.7 Å². The largest absolute Gasteiger partial charge is 0.354 e. The summed E-state index contributed by atoms with van der Waals surface area (Å²) in [5, 5.41) is 0. The molecule has 2 aliphatic rings. The number of likely N-dealkylation sites (tertiary alicyclic amines) is 1. The number of anilines is 1. The van der Waals surface area contributed by atoms with E-state index in [9.17, 15) is 9.59 Å². The minimum Gasteiger partial charge on any atom is -0.354 e. The van der Waals surface area contributed by atoms with Crippen molar-refractivity contribution in [1.82, 2.24) is 19.8 Å². The zero-order valence-electron chi connectivity index (χ0n) is 13.9. The van der Waals surface area contributed by atoms with E-state index in [1.54, 1.807) is 20.3 Å². The van der Waals surface area contributed by atoms with E-state index < -0.39 is 0 Å². The van der Waals surface area contributed by atoms with Crippen LogP contribution in [0.5, 0.6) is 0 Å². The number of nitrogens with zero attached hydrogens (tertiary/aromatic N) is 5. The van der Waals surface area contributed by atoms with E-state index in [2.05, 4.69) is 14.9 Å². The fourth-order valence-electron chi connectivity index (χ4n) is 3.55. The minimum absolute atomic E-state index is 0.165. The summed E-state index contributed by atoms with van der Waals surface area (Å²) in [5.74, 6) is 0.747. The minimum atomic E-state index is -0.295. The number of hydrogen-bond donors (Lipinski definition) is 0. The first kappa shape index (κ1) is 15.7. The third-order valence-corrected chi connectivity index (χ3v) is 4.87. The van der Waals surface area contributed by atoms with E-state index >= 15 is 0 Å². The Bertz CT molecular complexity index is 633. The predicted octanol–water partition coefficient (Wildman–Crippen LogP) is 0.627. The Labute approximate surface area is 136 Å². The molecular weight excluding hydrogens is 294 g/mol. The van der Waals surface area contributed by atoms with Crippen LogP contribution in [-0.4, -0.2) is 72.4 Å². The van der Waals surface area contributed by atoms with Gasteiger partial charge in [0.05, 0.1) is 17.8 Å². The summed E-state index contributed by atoms with van der Waals surface area (Å²) in [5.41, 5.74) is 0.0384. The lowest BCUT2D eigenvalue weighted by molar-refractivity contribution is -0.143. The summed E-state index contributed by atoms with van der Waals surface area (Å²) in [7, 11) is 5.26. The first-order valence-electron chi connectivity index (χ1n) is 7.97. The van der Waals surface area contributed by atoms with Crippen LogP contribution in [0.15, 0.2) is 12.4 Å². The highest BCUT2D eigenvalue weighted by Crippen LogP contribution is 2.40. The SMILES string of the molecule is CN(C)C(=O)c1cncc(N2CCC3(CCCN(C)C3=O)C2)n1. The second kappa shape index (κ2) is 5.79. The van der Waals surface area contributed by atoms with Gasteiger partial charge in [-0.1, -0.05) is 0 Å². The number of carbonyl (C=O) groups excluding carboxylic acids is 2. The highest BCUT2D eigenvalue weighted by Gasteiger charge is 2.47. The van der Waals surface area contributed by atoms with E-state index in [1.807, 2.05) is 11.9 Å². The summed E-state index contributed by atoms with van der Waals surface area (Å²) in [6, 6.07) is 0. The number of rotatable bonds is 2. The maximum absolute atomic E-state index is 12.6. The van der Waals surface area contributed by atoms with Gasteiger partial charge in [0, 0.05) is 40.8 Å². The molecule has 1 atom stereocenters. The maximum atomic E-state index is 12.6. The lowest BCUT2D eigenvalue weighted by Crippen LogP contribution is -2.48. The Balaban J connectivity index is 1.81. The standard InChI is InChI=1S/C16H23N5O2/c1-19(2)14(22)12-9-17-10-13(18-12)21-8-6-16(11-21)5-4-7-20(3)15(16)23/h9-10H,4-8,11H2,1-3H3. The van der Waals surface area contributed by atoms with Crippen LogP contribution in [0.1, 0.15) is 29.8 Å². The van der Waals surface area contributed by atoms with Gasteiger partial charge in [-0.2, -0.15) is 0 Å². The molecule has 0 bridgehead atoms. The van der Waals surface area contributed by atoms with Crippen molar-refractivity contribution in [3.63, 3.8) is 0 Å². The smallest absolute Gasteiger partial charge is 0.273 e. The summed E-state index contributed by atoms with van der Waals surface area (Å²) >= 11 is 0. The number of carbonyl (C=O) groups is 2. The average molecular weight is 317 g/mol. The van der Waals surface area contributed by atoms with Crippen LogP contribution in [0, 0.1) is 5.41 Å². The summed E-state index contributed by atoms with van der Waals surface area (Å²) < 4.78 is 0. The van der Waals surface area contributed by atoms with Crippen molar-refractivity contribution in [2.24, 2.45) is 5.41 Å². The first-order valence-corrected chi connectivity index (χ1v) is 7.97. The molecule has 1 aromatic rings. The molecule has 0 aliphatic carbocycles. The molecule has 2 fully saturated rings. The van der Waals surface area contributed by atoms with Gasteiger partial charge >= 0.3 is 0 Å². The third-order valence-electron chi connectivity index (χ3n) is 4.87. The molecule has 1 unspecified atom stereocenters. The molecule has 3 rings (SSSR count). The zero-order valence-corrected chi connectivity index (χ0v) is 13.9. The van der Waals surface area contributed by atoms with Crippen molar-refractivity contribution in [3.8, 4) is 0 Å². The van der Waals surface area contributed by atoms with Gasteiger partial charge in [-0.25, -0.2) is 4.98 Å². The lowest BCUT2D eigenvalue weighted by Gasteiger charge is -2.37. The number of hydrogen-bond acceptors (Lipinski definition) is 5. The average Bonchev–Trinajstić information content (AvgIpc) is 2.97. The second-order valence-electron chi connectivity index (χ2n) is 6.74. The molecule has 2 saturated heterocycles. The molecule has 1 spiro atoms. The molecule has 0 aromatic carbocycles. The Morgan fingerprint density at radius 2 is 2.04 bits per heavy atom. The molecule has 7 heteroatoms. The number of piperidine rings is 1. The Morgan fingerprint density at radius 3 is 2.78 bits per heavy atom. The van der Waals surface area contributed by atoms with Crippen molar-refractivity contribution >= 4 is 17.6 Å². The lowest BCUT2D eigenvalue weighted by atomic mass is 9.78. The van der Waals surface area contributed by atoms with Gasteiger partial charge in [-0.05, 0) is 19.3 Å². The van der Waals surface area contributed by atoms with Crippen LogP contribution in [0.3, 0.4) is 0 Å². The molecule has 0 N–H and O–H groups in total. The van der Waals surface area contributed by atoms with Gasteiger partial charge in [0.2, 0.25) is 5.91 Å². The topological polar surface area (TPSA) is 69.6 Å². The van der Waals surface area contributed by atoms with Crippen molar-refractivity contribution in [2.45, 2.75) is 19.3 Å². The predicted molar refractivity (Wildman–Crippen MR) is 86.2 cm³/mol. The van der Waals surface area contributed by atoms with Crippen molar-refractivity contribution in [1.29, 1.82) is 0 Å². The maximum Gasteiger partial charge on any atom is 0.273 e. The molecule has 1 aromatic heterocycles. The molecule has 23 heavy (non-hydrogen) atoms. The summed E-state index contributed by atoms with van der Waals surface area (Å²) in [6.45, 7) is 2.27. The monoisotopic (exact) mass is 317 g/mol. The molecule has 2 amide bonds. The van der Waals surface area contributed by atoms with Gasteiger partial charge in [0.15, 0.2) is 0 Å². The van der Waals surface area contributed by atoms with Gasteiger partial charge in [-0.15, -0.1) is 0 Å². The Kier molecular flexibility index (Phi) is 3.95. The van der Waals surface area contributed by atoms with Gasteiger partial charge in [-0.3, -0.25) is 14.6 Å². The molecular formula is C16H23N5O2. The van der Waals surface area contributed by atoms with E-state index in [1.165, 1.54) is 11.1 Å². The van der Waals surface area contributed by atoms with Crippen LogP contribution >= 0.6 is 0 Å². The Morgan fingerprint density at radius 1 is 1.26 bits per heavy atom. The number of amides is 2. The third kappa shape index (κ3) is 2.75. The van der Waals surface area contributed by atoms with Crippen LogP contribution in [-0.2, 0) is 4.79 Å². The normalized spacial score (nSPS) is 24.4. The van der Waals surface area contributed by atoms with E-state index in [-0.39, 0.29) is 17.2 Å². The first-order chi connectivity index (χ1) is 10.9. The van der Waals surface area contributed by atoms with Crippen LogP contribution in [0.4, 0.5) is 5.82 Å². The number of aromatic nitrogens is 2. The zero-order chi connectivity index (χ0) is 16.6. The van der Waals surface area contributed by atoms with Gasteiger partial charge in [0.1, 0.15) is 11.5 Å². The summed E-state index contributed by atoms with van der Waals surface area (Å²) in [6.07, 6.45) is 5.96. The van der Waals surface area contributed by atoms with Crippen molar-refractivity contribution < 1.29 is 9.59 Å². The molecule has 0 radical (unpaired) electrons. The van der Waals surface area contributed by atoms with E-state index in [4.69, 9.17) is 0 Å². The molecule has 0 saturated carbocycles. The van der Waals surface area contributed by atoms with E-state index in [0.29, 0.717) is 18.1 Å². The van der Waals surface area contributed by atoms with E-state index in [0.717, 1.165) is 32.4 Å². The fraction of sp³-hybridized carbons (Fsp3) is 0.625. The van der Waals surface area contributed by atoms with Crippen LogP contribution < -0.4 is 4.90 Å². The van der Waals surface area contributed by atoms with Crippen molar-refractivity contribution in [2.75, 3.05) is 45.7 Å². The van der Waals surface area contributed by atoms with Crippen LogP contribution in [0.25, 0.3) is 0 Å². The molecule has 124 valence electrons.